The Morgan fingerprint density at radius 2 is 1.62 bits per heavy atom. The number of methoxy groups -OCH3 is 1. The maximum absolute atomic E-state index is 13.3. The number of likely N-dealkylation sites (tertiary alicyclic amines) is 1. The van der Waals surface area contributed by atoms with Crippen LogP contribution in [0.15, 0.2) is 66.7 Å². The van der Waals surface area contributed by atoms with Gasteiger partial charge in [-0.15, -0.1) is 0 Å². The normalized spacial score (nSPS) is 26.2. The lowest BCUT2D eigenvalue weighted by atomic mass is 9.85. The van der Waals surface area contributed by atoms with Crippen LogP contribution in [0.2, 0.25) is 0 Å². The number of imide groups is 1. The van der Waals surface area contributed by atoms with Crippen LogP contribution in [0.5, 0.6) is 5.75 Å². The Bertz CT molecular complexity index is 1040. The number of carbonyl (C=O) groups excluding carboxylic acids is 3. The largest absolute Gasteiger partial charge is 0.497 e. The summed E-state index contributed by atoms with van der Waals surface area (Å²) < 4.78 is 5.14. The molecule has 5 rings (SSSR count). The van der Waals surface area contributed by atoms with Crippen molar-refractivity contribution in [3.8, 4) is 5.75 Å². The molecular formula is C25H25N3O4. The molecule has 1 aliphatic heterocycles. The molecule has 4 amide bonds. The van der Waals surface area contributed by atoms with Crippen LogP contribution in [0, 0.1) is 23.7 Å². The minimum atomic E-state index is -0.763. The van der Waals surface area contributed by atoms with Crippen LogP contribution in [0.3, 0.4) is 0 Å². The van der Waals surface area contributed by atoms with Gasteiger partial charge in [0.1, 0.15) is 11.9 Å². The molecule has 0 radical (unpaired) electrons. The van der Waals surface area contributed by atoms with Gasteiger partial charge in [0.2, 0.25) is 11.8 Å². The van der Waals surface area contributed by atoms with Gasteiger partial charge in [-0.1, -0.05) is 42.5 Å². The van der Waals surface area contributed by atoms with E-state index in [0.717, 1.165) is 12.0 Å². The number of anilines is 1. The van der Waals surface area contributed by atoms with Crippen molar-refractivity contribution in [3.63, 3.8) is 0 Å². The van der Waals surface area contributed by atoms with Crippen molar-refractivity contribution >= 4 is 23.5 Å². The SMILES string of the molecule is COc1ccc(NC(=O)NC(Cc2ccccc2)N2C(=O)C3C4C=CC(C4)C3C2=O)cc1. The third kappa shape index (κ3) is 3.53. The average molecular weight is 431 g/mol. The van der Waals surface area contributed by atoms with E-state index in [1.54, 1.807) is 31.4 Å². The van der Waals surface area contributed by atoms with Gasteiger partial charge in [-0.05, 0) is 48.1 Å². The summed E-state index contributed by atoms with van der Waals surface area (Å²) in [6, 6.07) is 16.0. The van der Waals surface area contributed by atoms with E-state index in [1.807, 2.05) is 30.3 Å². The van der Waals surface area contributed by atoms with Crippen LogP contribution in [0.25, 0.3) is 0 Å². The fraction of sp³-hybridized carbons (Fsp3) is 0.320. The van der Waals surface area contributed by atoms with Gasteiger partial charge in [-0.3, -0.25) is 14.5 Å². The fourth-order valence-corrected chi connectivity index (χ4v) is 5.27. The van der Waals surface area contributed by atoms with Gasteiger partial charge >= 0.3 is 6.03 Å². The number of nitrogens with one attached hydrogen (secondary N) is 2. The van der Waals surface area contributed by atoms with Crippen LogP contribution in [0.1, 0.15) is 12.0 Å². The number of benzene rings is 2. The van der Waals surface area contributed by atoms with E-state index in [-0.39, 0.29) is 35.5 Å². The van der Waals surface area contributed by atoms with E-state index in [0.29, 0.717) is 17.9 Å². The fourth-order valence-electron chi connectivity index (χ4n) is 5.27. The molecule has 2 aromatic carbocycles. The monoisotopic (exact) mass is 431 g/mol. The highest BCUT2D eigenvalue weighted by Gasteiger charge is 2.60. The lowest BCUT2D eigenvalue weighted by molar-refractivity contribution is -0.143. The second-order valence-electron chi connectivity index (χ2n) is 8.58. The van der Waals surface area contributed by atoms with Gasteiger partial charge < -0.3 is 15.4 Å². The molecule has 2 bridgehead atoms. The second kappa shape index (κ2) is 8.15. The maximum atomic E-state index is 13.3. The van der Waals surface area contributed by atoms with E-state index < -0.39 is 12.2 Å². The Balaban J connectivity index is 1.36. The number of hydrogen-bond donors (Lipinski definition) is 2. The Hall–Kier alpha value is -3.61. The Morgan fingerprint density at radius 3 is 2.22 bits per heavy atom. The highest BCUT2D eigenvalue weighted by Crippen LogP contribution is 2.52. The number of ether oxygens (including phenoxy) is 1. The molecule has 3 aliphatic rings. The van der Waals surface area contributed by atoms with Gasteiger partial charge in [0, 0.05) is 12.1 Å². The van der Waals surface area contributed by atoms with Crippen LogP contribution in [0.4, 0.5) is 10.5 Å². The quantitative estimate of drug-likeness (QED) is 0.543. The molecule has 2 aliphatic carbocycles. The second-order valence-corrected chi connectivity index (χ2v) is 8.58. The van der Waals surface area contributed by atoms with Gasteiger partial charge in [0.05, 0.1) is 18.9 Å². The van der Waals surface area contributed by atoms with E-state index in [9.17, 15) is 14.4 Å². The van der Waals surface area contributed by atoms with Crippen molar-refractivity contribution in [2.24, 2.45) is 23.7 Å². The summed E-state index contributed by atoms with van der Waals surface area (Å²) in [5, 5.41) is 5.64. The lowest BCUT2D eigenvalue weighted by Gasteiger charge is -2.29. The summed E-state index contributed by atoms with van der Waals surface area (Å²) in [7, 11) is 1.57. The number of rotatable bonds is 6. The van der Waals surface area contributed by atoms with Crippen LogP contribution < -0.4 is 15.4 Å². The van der Waals surface area contributed by atoms with Crippen molar-refractivity contribution < 1.29 is 19.1 Å². The zero-order chi connectivity index (χ0) is 22.2. The number of urea groups is 1. The first-order valence-corrected chi connectivity index (χ1v) is 10.9. The molecule has 2 aromatic rings. The van der Waals surface area contributed by atoms with Crippen LogP contribution in [-0.2, 0) is 16.0 Å². The van der Waals surface area contributed by atoms with Crippen LogP contribution >= 0.6 is 0 Å². The van der Waals surface area contributed by atoms with Gasteiger partial charge in [0.15, 0.2) is 0 Å². The molecule has 5 unspecified atom stereocenters. The maximum Gasteiger partial charge on any atom is 0.320 e. The van der Waals surface area contributed by atoms with Gasteiger partial charge in [0.25, 0.3) is 0 Å². The predicted molar refractivity (Wildman–Crippen MR) is 119 cm³/mol. The third-order valence-electron chi connectivity index (χ3n) is 6.73. The predicted octanol–water partition coefficient (Wildman–Crippen LogP) is 3.19. The topological polar surface area (TPSA) is 87.7 Å². The van der Waals surface area contributed by atoms with E-state index in [1.165, 1.54) is 4.90 Å². The van der Waals surface area contributed by atoms with Crippen molar-refractivity contribution in [2.45, 2.75) is 19.0 Å². The summed E-state index contributed by atoms with van der Waals surface area (Å²) in [6.07, 6.45) is 4.58. The molecule has 7 heteroatoms. The zero-order valence-corrected chi connectivity index (χ0v) is 17.7. The highest BCUT2D eigenvalue weighted by atomic mass is 16.5. The molecule has 32 heavy (non-hydrogen) atoms. The molecule has 0 spiro atoms. The molecule has 2 fully saturated rings. The Labute approximate surface area is 186 Å². The lowest BCUT2D eigenvalue weighted by Crippen LogP contribution is -2.53. The van der Waals surface area contributed by atoms with Crippen LogP contribution in [-0.4, -0.2) is 36.0 Å². The summed E-state index contributed by atoms with van der Waals surface area (Å²) in [4.78, 5) is 40.7. The number of carbonyl (C=O) groups is 3. The molecule has 1 heterocycles. The minimum absolute atomic E-state index is 0.122. The average Bonchev–Trinajstić information content (AvgIpc) is 3.48. The van der Waals surface area contributed by atoms with E-state index in [2.05, 4.69) is 22.8 Å². The van der Waals surface area contributed by atoms with Crippen molar-refractivity contribution in [1.29, 1.82) is 0 Å². The van der Waals surface area contributed by atoms with E-state index >= 15 is 0 Å². The first-order valence-electron chi connectivity index (χ1n) is 10.9. The standard InChI is InChI=1S/C25H25N3O4/c1-32-19-11-9-18(10-12-19)26-25(31)27-20(13-15-5-3-2-4-6-15)28-23(29)21-16-7-8-17(14-16)22(21)24(28)30/h2-12,16-17,20-22H,13-14H2,1H3,(H2,26,27,31). The number of allylic oxidation sites excluding steroid dienone is 2. The number of nitrogens with zero attached hydrogens (tertiary/aromatic N) is 1. The summed E-state index contributed by atoms with van der Waals surface area (Å²) in [5.41, 5.74) is 1.51. The molecule has 0 aromatic heterocycles. The first kappa shape index (κ1) is 20.3. The molecule has 5 atom stereocenters. The third-order valence-corrected chi connectivity index (χ3v) is 6.73. The van der Waals surface area contributed by atoms with Gasteiger partial charge in [-0.25, -0.2) is 4.79 Å². The number of fused-ring (bicyclic) bond motifs is 5. The number of hydrogen-bond acceptors (Lipinski definition) is 4. The summed E-state index contributed by atoms with van der Waals surface area (Å²) in [5.74, 6) is -0.0376. The Kier molecular flexibility index (Phi) is 5.17. The summed E-state index contributed by atoms with van der Waals surface area (Å²) in [6.45, 7) is 0. The highest BCUT2D eigenvalue weighted by molar-refractivity contribution is 6.07. The minimum Gasteiger partial charge on any atom is -0.497 e. The van der Waals surface area contributed by atoms with E-state index in [4.69, 9.17) is 4.74 Å². The van der Waals surface area contributed by atoms with Crippen molar-refractivity contribution in [3.05, 3.63) is 72.3 Å². The zero-order valence-electron chi connectivity index (χ0n) is 17.7. The molecule has 164 valence electrons. The molecule has 2 N–H and O–H groups in total. The van der Waals surface area contributed by atoms with Gasteiger partial charge in [-0.2, -0.15) is 0 Å². The molecular weight excluding hydrogens is 406 g/mol. The number of amides is 4. The Morgan fingerprint density at radius 1 is 1.00 bits per heavy atom. The summed E-state index contributed by atoms with van der Waals surface area (Å²) >= 11 is 0. The van der Waals surface area contributed by atoms with Crippen molar-refractivity contribution in [2.75, 3.05) is 12.4 Å². The first-order chi connectivity index (χ1) is 15.5. The van der Waals surface area contributed by atoms with Crippen molar-refractivity contribution in [1.82, 2.24) is 10.2 Å². The molecule has 7 nitrogen and oxygen atoms in total. The smallest absolute Gasteiger partial charge is 0.320 e. The molecule has 1 saturated heterocycles. The molecule has 1 saturated carbocycles.